The van der Waals surface area contributed by atoms with E-state index in [0.717, 1.165) is 25.5 Å². The summed E-state index contributed by atoms with van der Waals surface area (Å²) in [6, 6.07) is 26.6. The first-order valence-electron chi connectivity index (χ1n) is 14.7. The lowest BCUT2D eigenvalue weighted by Gasteiger charge is -2.34. The Hall–Kier alpha value is -3.37. The first-order chi connectivity index (χ1) is 21.8. The standard InChI is InChI=1S/C35H36BrCl2N3O4S/c1-24(2)21-39-35(43)33(19-26-8-5-4-6-9-26)40(22-27-10-7-11-28(36)18-27)34(42)23-41(32-20-29(37)14-17-31(32)38)46(44,45)30-15-12-25(3)13-16-30/h4-18,20,24,33H,19,21-23H2,1-3H3,(H,39,43)/t33-/m0/s1. The number of benzene rings is 4. The molecule has 0 unspecified atom stereocenters. The largest absolute Gasteiger partial charge is 0.354 e. The zero-order chi connectivity index (χ0) is 33.4. The van der Waals surface area contributed by atoms with Crippen LogP contribution in [0.5, 0.6) is 0 Å². The minimum Gasteiger partial charge on any atom is -0.354 e. The zero-order valence-corrected chi connectivity index (χ0v) is 29.7. The molecule has 0 fully saturated rings. The topological polar surface area (TPSA) is 86.8 Å². The van der Waals surface area contributed by atoms with Crippen LogP contribution in [0, 0.1) is 12.8 Å². The third kappa shape index (κ3) is 9.35. The second-order valence-corrected chi connectivity index (χ2v) is 15.0. The molecular formula is C35H36BrCl2N3O4S. The predicted molar refractivity (Wildman–Crippen MR) is 189 cm³/mol. The molecule has 0 saturated heterocycles. The molecule has 7 nitrogen and oxygen atoms in total. The summed E-state index contributed by atoms with van der Waals surface area (Å²) < 4.78 is 30.2. The van der Waals surface area contributed by atoms with Crippen molar-refractivity contribution in [1.82, 2.24) is 10.2 Å². The Kier molecular flexibility index (Phi) is 12.3. The first kappa shape index (κ1) is 35.5. The Morgan fingerprint density at radius 2 is 1.54 bits per heavy atom. The Balaban J connectivity index is 1.83. The Bertz CT molecular complexity index is 1770. The van der Waals surface area contributed by atoms with Gasteiger partial charge in [0.05, 0.1) is 15.6 Å². The average molecular weight is 746 g/mol. The molecule has 0 aromatic heterocycles. The second kappa shape index (κ2) is 16.0. The fraction of sp³-hybridized carbons (Fsp3) is 0.257. The minimum atomic E-state index is -4.31. The van der Waals surface area contributed by atoms with Crippen molar-refractivity contribution >= 4 is 66.7 Å². The van der Waals surface area contributed by atoms with Gasteiger partial charge in [0.2, 0.25) is 11.8 Å². The van der Waals surface area contributed by atoms with Crippen LogP contribution in [-0.4, -0.2) is 44.3 Å². The quantitative estimate of drug-likeness (QED) is 0.152. The minimum absolute atomic E-state index is 0.0176. The number of rotatable bonds is 13. The molecule has 242 valence electrons. The van der Waals surface area contributed by atoms with Gasteiger partial charge in [-0.2, -0.15) is 0 Å². The molecule has 4 rings (SSSR count). The molecular weight excluding hydrogens is 709 g/mol. The van der Waals surface area contributed by atoms with Crippen LogP contribution in [0.15, 0.2) is 106 Å². The van der Waals surface area contributed by atoms with Crippen molar-refractivity contribution in [2.75, 3.05) is 17.4 Å². The second-order valence-electron chi connectivity index (χ2n) is 11.4. The number of aryl methyl sites for hydroxylation is 1. The normalized spacial score (nSPS) is 12.1. The van der Waals surface area contributed by atoms with Crippen molar-refractivity contribution in [3.63, 3.8) is 0 Å². The van der Waals surface area contributed by atoms with Gasteiger partial charge >= 0.3 is 0 Å². The van der Waals surface area contributed by atoms with Crippen LogP contribution < -0.4 is 9.62 Å². The van der Waals surface area contributed by atoms with E-state index < -0.39 is 28.5 Å². The number of hydrogen-bond acceptors (Lipinski definition) is 4. The number of halogens is 3. The third-order valence-electron chi connectivity index (χ3n) is 7.26. The van der Waals surface area contributed by atoms with Crippen molar-refractivity contribution in [2.45, 2.75) is 44.7 Å². The van der Waals surface area contributed by atoms with Crippen molar-refractivity contribution in [3.05, 3.63) is 128 Å². The lowest BCUT2D eigenvalue weighted by Crippen LogP contribution is -2.53. The maximum Gasteiger partial charge on any atom is 0.264 e. The summed E-state index contributed by atoms with van der Waals surface area (Å²) in [5.41, 5.74) is 2.53. The summed E-state index contributed by atoms with van der Waals surface area (Å²) >= 11 is 16.4. The Labute approximate surface area is 289 Å². The Morgan fingerprint density at radius 1 is 0.870 bits per heavy atom. The van der Waals surface area contributed by atoms with E-state index in [9.17, 15) is 18.0 Å². The maximum atomic E-state index is 14.6. The Morgan fingerprint density at radius 3 is 2.20 bits per heavy atom. The fourth-order valence-electron chi connectivity index (χ4n) is 4.84. The van der Waals surface area contributed by atoms with Crippen molar-refractivity contribution in [1.29, 1.82) is 0 Å². The summed E-state index contributed by atoms with van der Waals surface area (Å²) in [6.45, 7) is 5.65. The molecule has 0 saturated carbocycles. The number of carbonyl (C=O) groups is 2. The van der Waals surface area contributed by atoms with Gasteiger partial charge < -0.3 is 10.2 Å². The van der Waals surface area contributed by atoms with Crippen LogP contribution in [0.25, 0.3) is 0 Å². The van der Waals surface area contributed by atoms with Gasteiger partial charge in [0.15, 0.2) is 0 Å². The van der Waals surface area contributed by atoms with Gasteiger partial charge in [0.1, 0.15) is 12.6 Å². The van der Waals surface area contributed by atoms with E-state index in [0.29, 0.717) is 6.54 Å². The lowest BCUT2D eigenvalue weighted by molar-refractivity contribution is -0.140. The predicted octanol–water partition coefficient (Wildman–Crippen LogP) is 7.67. The molecule has 0 heterocycles. The van der Waals surface area contributed by atoms with Gasteiger partial charge in [0, 0.05) is 29.0 Å². The highest BCUT2D eigenvalue weighted by Gasteiger charge is 2.35. The van der Waals surface area contributed by atoms with Crippen LogP contribution in [0.4, 0.5) is 5.69 Å². The molecule has 1 atom stereocenters. The van der Waals surface area contributed by atoms with Crippen LogP contribution in [-0.2, 0) is 32.6 Å². The highest BCUT2D eigenvalue weighted by Crippen LogP contribution is 2.33. The number of nitrogens with one attached hydrogen (secondary N) is 1. The summed E-state index contributed by atoms with van der Waals surface area (Å²) in [5, 5.41) is 3.33. The van der Waals surface area contributed by atoms with Crippen molar-refractivity contribution in [2.24, 2.45) is 5.92 Å². The van der Waals surface area contributed by atoms with Crippen LogP contribution in [0.1, 0.15) is 30.5 Å². The summed E-state index contributed by atoms with van der Waals surface area (Å²) in [6.07, 6.45) is 0.215. The molecule has 0 radical (unpaired) electrons. The SMILES string of the molecule is Cc1ccc(S(=O)(=O)N(CC(=O)N(Cc2cccc(Br)c2)[C@@H](Cc2ccccc2)C(=O)NCC(C)C)c2cc(Cl)ccc2Cl)cc1. The van der Waals surface area contributed by atoms with E-state index in [1.807, 2.05) is 75.4 Å². The van der Waals surface area contributed by atoms with Gasteiger partial charge in [-0.15, -0.1) is 0 Å². The van der Waals surface area contributed by atoms with E-state index in [-0.39, 0.29) is 45.4 Å². The molecule has 4 aromatic rings. The molecule has 0 spiro atoms. The van der Waals surface area contributed by atoms with Gasteiger partial charge in [-0.1, -0.05) is 113 Å². The van der Waals surface area contributed by atoms with Crippen LogP contribution >= 0.6 is 39.1 Å². The smallest absolute Gasteiger partial charge is 0.264 e. The van der Waals surface area contributed by atoms with Crippen molar-refractivity contribution in [3.8, 4) is 0 Å². The molecule has 2 amide bonds. The molecule has 1 N–H and O–H groups in total. The van der Waals surface area contributed by atoms with E-state index in [4.69, 9.17) is 23.2 Å². The van der Waals surface area contributed by atoms with E-state index in [1.165, 1.54) is 29.2 Å². The first-order valence-corrected chi connectivity index (χ1v) is 17.7. The zero-order valence-electron chi connectivity index (χ0n) is 25.8. The van der Waals surface area contributed by atoms with Crippen molar-refractivity contribution < 1.29 is 18.0 Å². The van der Waals surface area contributed by atoms with E-state index in [2.05, 4.69) is 21.2 Å². The molecule has 0 aliphatic heterocycles. The highest BCUT2D eigenvalue weighted by molar-refractivity contribution is 9.10. The van der Waals surface area contributed by atoms with Gasteiger partial charge in [-0.3, -0.25) is 13.9 Å². The molecule has 0 bridgehead atoms. The average Bonchev–Trinajstić information content (AvgIpc) is 3.02. The third-order valence-corrected chi connectivity index (χ3v) is 10.1. The van der Waals surface area contributed by atoms with E-state index in [1.54, 1.807) is 18.2 Å². The molecule has 4 aromatic carbocycles. The lowest BCUT2D eigenvalue weighted by atomic mass is 10.0. The molecule has 11 heteroatoms. The molecule has 0 aliphatic carbocycles. The van der Waals surface area contributed by atoms with Crippen LogP contribution in [0.2, 0.25) is 10.0 Å². The molecule has 46 heavy (non-hydrogen) atoms. The summed E-state index contributed by atoms with van der Waals surface area (Å²) in [5.74, 6) is -0.752. The maximum absolute atomic E-state index is 14.6. The van der Waals surface area contributed by atoms with E-state index >= 15 is 0 Å². The van der Waals surface area contributed by atoms with Gasteiger partial charge in [0.25, 0.3) is 10.0 Å². The number of hydrogen-bond donors (Lipinski definition) is 1. The summed E-state index contributed by atoms with van der Waals surface area (Å²) in [7, 11) is -4.31. The van der Waals surface area contributed by atoms with Crippen LogP contribution in [0.3, 0.4) is 0 Å². The fourth-order valence-corrected chi connectivity index (χ4v) is 7.14. The number of carbonyl (C=O) groups excluding carboxylic acids is 2. The highest BCUT2D eigenvalue weighted by atomic mass is 79.9. The molecule has 0 aliphatic rings. The summed E-state index contributed by atoms with van der Waals surface area (Å²) in [4.78, 5) is 29.9. The number of amides is 2. The number of anilines is 1. The number of nitrogens with zero attached hydrogens (tertiary/aromatic N) is 2. The monoisotopic (exact) mass is 743 g/mol. The van der Waals surface area contributed by atoms with Gasteiger partial charge in [-0.05, 0) is 66.4 Å². The van der Waals surface area contributed by atoms with Gasteiger partial charge in [-0.25, -0.2) is 8.42 Å². The number of sulfonamides is 1.